The van der Waals surface area contributed by atoms with Crippen LogP contribution in [-0.2, 0) is 17.8 Å². The summed E-state index contributed by atoms with van der Waals surface area (Å²) in [5.74, 6) is -1.21. The molecule has 0 aliphatic heterocycles. The summed E-state index contributed by atoms with van der Waals surface area (Å²) in [4.78, 5) is 38.8. The molecular weight excluding hydrogens is 500 g/mol. The standard InChI is InChI=1S/C34H32N2O4/c1-24(20-32(37)28-11-5-3-6-12-28)35-31(34(39)40)22-25-16-18-27(19-17-25)30-15-9-10-26(21-30)23-36(2)33(38)29-13-7-4-8-14-29/h3-21,31,35H,22-23H2,1-2H3,(H,39,40)/t31-/m0/s1. The molecule has 0 spiro atoms. The third-order valence-corrected chi connectivity index (χ3v) is 6.55. The molecule has 202 valence electrons. The Balaban J connectivity index is 1.40. The van der Waals surface area contributed by atoms with Crippen LogP contribution in [0.5, 0.6) is 0 Å². The molecule has 0 saturated carbocycles. The van der Waals surface area contributed by atoms with E-state index >= 15 is 0 Å². The zero-order valence-electron chi connectivity index (χ0n) is 22.6. The highest BCUT2D eigenvalue weighted by Crippen LogP contribution is 2.22. The van der Waals surface area contributed by atoms with Gasteiger partial charge in [-0.25, -0.2) is 4.79 Å². The molecule has 2 N–H and O–H groups in total. The lowest BCUT2D eigenvalue weighted by Gasteiger charge is -2.18. The van der Waals surface area contributed by atoms with Crippen molar-refractivity contribution >= 4 is 17.7 Å². The first-order valence-electron chi connectivity index (χ1n) is 13.1. The van der Waals surface area contributed by atoms with Gasteiger partial charge in [-0.3, -0.25) is 9.59 Å². The van der Waals surface area contributed by atoms with Crippen LogP contribution in [0.3, 0.4) is 0 Å². The number of carboxylic acids is 1. The molecule has 6 nitrogen and oxygen atoms in total. The number of rotatable bonds is 11. The van der Waals surface area contributed by atoms with Gasteiger partial charge < -0.3 is 15.3 Å². The Labute approximate surface area is 234 Å². The van der Waals surface area contributed by atoms with Crippen LogP contribution >= 0.6 is 0 Å². The maximum atomic E-state index is 12.7. The van der Waals surface area contributed by atoms with Crippen LogP contribution < -0.4 is 5.32 Å². The number of aliphatic carboxylic acids is 1. The lowest BCUT2D eigenvalue weighted by molar-refractivity contribution is -0.139. The number of allylic oxidation sites excluding steroid dienone is 2. The summed E-state index contributed by atoms with van der Waals surface area (Å²) in [5.41, 5.74) is 5.56. The largest absolute Gasteiger partial charge is 0.480 e. The van der Waals surface area contributed by atoms with E-state index in [4.69, 9.17) is 0 Å². The third-order valence-electron chi connectivity index (χ3n) is 6.55. The Hall–Kier alpha value is -4.97. The summed E-state index contributed by atoms with van der Waals surface area (Å²) in [6.07, 6.45) is 1.68. The van der Waals surface area contributed by atoms with Crippen molar-refractivity contribution < 1.29 is 19.5 Å². The van der Waals surface area contributed by atoms with Crippen LogP contribution in [0.2, 0.25) is 0 Å². The highest BCUT2D eigenvalue weighted by atomic mass is 16.4. The van der Waals surface area contributed by atoms with E-state index < -0.39 is 12.0 Å². The molecule has 4 aromatic rings. The molecule has 0 aliphatic rings. The van der Waals surface area contributed by atoms with Crippen LogP contribution in [0.15, 0.2) is 121 Å². The second-order valence-electron chi connectivity index (χ2n) is 9.72. The quantitative estimate of drug-likeness (QED) is 0.183. The molecule has 0 bridgehead atoms. The molecule has 0 aliphatic carbocycles. The van der Waals surface area contributed by atoms with Crippen molar-refractivity contribution in [3.05, 3.63) is 143 Å². The first-order valence-corrected chi connectivity index (χ1v) is 13.1. The molecule has 1 atom stereocenters. The number of hydrogen-bond acceptors (Lipinski definition) is 4. The molecule has 0 heterocycles. The predicted octanol–water partition coefficient (Wildman–Crippen LogP) is 6.00. The maximum absolute atomic E-state index is 12.7. The molecule has 4 rings (SSSR count). The number of nitrogens with one attached hydrogen (secondary N) is 1. The van der Waals surface area contributed by atoms with E-state index in [1.165, 1.54) is 6.08 Å². The van der Waals surface area contributed by atoms with E-state index in [2.05, 4.69) is 11.4 Å². The van der Waals surface area contributed by atoms with E-state index in [9.17, 15) is 19.5 Å². The first-order chi connectivity index (χ1) is 19.3. The van der Waals surface area contributed by atoms with Gasteiger partial charge in [-0.2, -0.15) is 0 Å². The van der Waals surface area contributed by atoms with E-state index in [0.29, 0.717) is 23.4 Å². The van der Waals surface area contributed by atoms with Gasteiger partial charge in [0.15, 0.2) is 5.78 Å². The van der Waals surface area contributed by atoms with Crippen molar-refractivity contribution in [2.45, 2.75) is 25.9 Å². The van der Waals surface area contributed by atoms with Crippen molar-refractivity contribution in [1.82, 2.24) is 10.2 Å². The maximum Gasteiger partial charge on any atom is 0.326 e. The predicted molar refractivity (Wildman–Crippen MR) is 157 cm³/mol. The van der Waals surface area contributed by atoms with Gasteiger partial charge in [0.05, 0.1) is 0 Å². The second kappa shape index (κ2) is 13.2. The number of amides is 1. The first kappa shape index (κ1) is 28.0. The highest BCUT2D eigenvalue weighted by molar-refractivity contribution is 6.04. The van der Waals surface area contributed by atoms with Crippen molar-refractivity contribution in [2.24, 2.45) is 0 Å². The van der Waals surface area contributed by atoms with E-state index in [-0.39, 0.29) is 18.1 Å². The van der Waals surface area contributed by atoms with Crippen LogP contribution in [0, 0.1) is 0 Å². The molecule has 4 aromatic carbocycles. The normalized spacial score (nSPS) is 11.9. The van der Waals surface area contributed by atoms with Gasteiger partial charge in [0, 0.05) is 42.9 Å². The van der Waals surface area contributed by atoms with Crippen molar-refractivity contribution in [3.8, 4) is 11.1 Å². The molecule has 0 aromatic heterocycles. The molecule has 0 fully saturated rings. The smallest absolute Gasteiger partial charge is 0.326 e. The molecule has 40 heavy (non-hydrogen) atoms. The van der Waals surface area contributed by atoms with Crippen LogP contribution in [0.4, 0.5) is 0 Å². The molecule has 0 saturated heterocycles. The number of benzene rings is 4. The van der Waals surface area contributed by atoms with Gasteiger partial charge in [-0.15, -0.1) is 0 Å². The van der Waals surface area contributed by atoms with Crippen molar-refractivity contribution in [3.63, 3.8) is 0 Å². The minimum absolute atomic E-state index is 0.0357. The van der Waals surface area contributed by atoms with Gasteiger partial charge in [-0.1, -0.05) is 91.0 Å². The summed E-state index contributed by atoms with van der Waals surface area (Å²) in [6.45, 7) is 2.17. The summed E-state index contributed by atoms with van der Waals surface area (Å²) >= 11 is 0. The molecule has 1 amide bonds. The fourth-order valence-electron chi connectivity index (χ4n) is 4.46. The minimum atomic E-state index is -0.995. The Morgan fingerprint density at radius 2 is 1.40 bits per heavy atom. The van der Waals surface area contributed by atoms with Gasteiger partial charge in [-0.05, 0) is 47.4 Å². The number of carbonyl (C=O) groups is 3. The highest BCUT2D eigenvalue weighted by Gasteiger charge is 2.18. The Morgan fingerprint density at radius 1 is 0.775 bits per heavy atom. The third kappa shape index (κ3) is 7.54. The summed E-state index contributed by atoms with van der Waals surface area (Å²) in [6, 6.07) is 33.0. The number of carbonyl (C=O) groups excluding carboxylic acids is 2. The Morgan fingerprint density at radius 3 is 2.02 bits per heavy atom. The fraction of sp³-hybridized carbons (Fsp3) is 0.147. The van der Waals surface area contributed by atoms with Crippen molar-refractivity contribution in [1.29, 1.82) is 0 Å². The van der Waals surface area contributed by atoms with Gasteiger partial charge >= 0.3 is 5.97 Å². The van der Waals surface area contributed by atoms with Crippen molar-refractivity contribution in [2.75, 3.05) is 7.05 Å². The molecule has 6 heteroatoms. The average molecular weight is 533 g/mol. The van der Waals surface area contributed by atoms with E-state index in [0.717, 1.165) is 22.3 Å². The Bertz CT molecular complexity index is 1500. The number of nitrogens with zero attached hydrogens (tertiary/aromatic N) is 1. The Kier molecular flexibility index (Phi) is 9.26. The van der Waals surface area contributed by atoms with E-state index in [1.807, 2.05) is 78.9 Å². The lowest BCUT2D eigenvalue weighted by atomic mass is 9.99. The molecule has 0 radical (unpaired) electrons. The lowest BCUT2D eigenvalue weighted by Crippen LogP contribution is -2.37. The van der Waals surface area contributed by atoms with Gasteiger partial charge in [0.2, 0.25) is 0 Å². The second-order valence-corrected chi connectivity index (χ2v) is 9.72. The van der Waals surface area contributed by atoms with Crippen LogP contribution in [-0.4, -0.2) is 40.8 Å². The minimum Gasteiger partial charge on any atom is -0.480 e. The SMILES string of the molecule is CC(=CC(=O)c1ccccc1)N[C@@H](Cc1ccc(-c2cccc(CN(C)C(=O)c3ccccc3)c2)cc1)C(=O)O. The number of ketones is 1. The van der Waals surface area contributed by atoms with Crippen LogP contribution in [0.25, 0.3) is 11.1 Å². The summed E-state index contributed by atoms with van der Waals surface area (Å²) < 4.78 is 0. The summed E-state index contributed by atoms with van der Waals surface area (Å²) in [7, 11) is 1.79. The topological polar surface area (TPSA) is 86.7 Å². The number of carboxylic acid groups (broad SMARTS) is 1. The monoisotopic (exact) mass is 532 g/mol. The fourth-order valence-corrected chi connectivity index (χ4v) is 4.46. The average Bonchev–Trinajstić information content (AvgIpc) is 2.97. The van der Waals surface area contributed by atoms with Gasteiger partial charge in [0.1, 0.15) is 6.04 Å². The van der Waals surface area contributed by atoms with Gasteiger partial charge in [0.25, 0.3) is 5.91 Å². The number of hydrogen-bond donors (Lipinski definition) is 2. The van der Waals surface area contributed by atoms with E-state index in [1.54, 1.807) is 43.1 Å². The zero-order valence-corrected chi connectivity index (χ0v) is 22.6. The molecule has 0 unspecified atom stereocenters. The summed E-state index contributed by atoms with van der Waals surface area (Å²) in [5, 5.41) is 12.7. The zero-order chi connectivity index (χ0) is 28.5. The molecular formula is C34H32N2O4. The van der Waals surface area contributed by atoms with Crippen LogP contribution in [0.1, 0.15) is 38.8 Å².